The first kappa shape index (κ1) is 12.8. The van der Waals surface area contributed by atoms with E-state index in [0.29, 0.717) is 18.3 Å². The fraction of sp³-hybridized carbons (Fsp3) is 0.900. The molecule has 0 saturated carbocycles. The number of rotatable bonds is 5. The number of carbonyl (C=O) groups is 1. The highest BCUT2D eigenvalue weighted by Gasteiger charge is 2.20. The largest absolute Gasteiger partial charge is 0.395 e. The van der Waals surface area contributed by atoms with Crippen LogP contribution in [-0.4, -0.2) is 59.7 Å². The second-order valence-electron chi connectivity index (χ2n) is 3.71. The van der Waals surface area contributed by atoms with Crippen LogP contribution in [0.15, 0.2) is 0 Å². The summed E-state index contributed by atoms with van der Waals surface area (Å²) in [6.07, 6.45) is 1.17. The normalized spacial score (nSPS) is 22.7. The molecule has 0 aliphatic carbocycles. The van der Waals surface area contributed by atoms with Crippen molar-refractivity contribution in [2.45, 2.75) is 18.6 Å². The molecular formula is C10H20N2O2S. The number of carbonyl (C=O) groups excluding carboxylic acids is 1. The molecule has 1 amide bonds. The molecule has 0 spiro atoms. The van der Waals surface area contributed by atoms with E-state index in [4.69, 9.17) is 5.11 Å². The van der Waals surface area contributed by atoms with Gasteiger partial charge in [-0.15, -0.1) is 0 Å². The van der Waals surface area contributed by atoms with E-state index in [1.165, 1.54) is 6.42 Å². The average Bonchev–Trinajstić information content (AvgIpc) is 2.26. The maximum atomic E-state index is 11.4. The Kier molecular flexibility index (Phi) is 6.05. The van der Waals surface area contributed by atoms with Gasteiger partial charge in [0.2, 0.25) is 5.91 Å². The molecule has 0 aromatic carbocycles. The van der Waals surface area contributed by atoms with Crippen LogP contribution >= 0.6 is 11.8 Å². The molecule has 1 fully saturated rings. The van der Waals surface area contributed by atoms with E-state index >= 15 is 0 Å². The van der Waals surface area contributed by atoms with Gasteiger partial charge in [0, 0.05) is 30.6 Å². The first-order valence-corrected chi connectivity index (χ1v) is 6.52. The van der Waals surface area contributed by atoms with Crippen LogP contribution in [0.3, 0.4) is 0 Å². The lowest BCUT2D eigenvalue weighted by Crippen LogP contribution is -2.44. The highest BCUT2D eigenvalue weighted by atomic mass is 32.2. The van der Waals surface area contributed by atoms with Crippen LogP contribution in [0.25, 0.3) is 0 Å². The van der Waals surface area contributed by atoms with Gasteiger partial charge in [-0.25, -0.2) is 0 Å². The van der Waals surface area contributed by atoms with Crippen LogP contribution in [0.1, 0.15) is 13.3 Å². The van der Waals surface area contributed by atoms with Gasteiger partial charge >= 0.3 is 0 Å². The van der Waals surface area contributed by atoms with Gasteiger partial charge in [0.15, 0.2) is 0 Å². The van der Waals surface area contributed by atoms with E-state index < -0.39 is 0 Å². The van der Waals surface area contributed by atoms with E-state index in [-0.39, 0.29) is 12.5 Å². The molecule has 1 heterocycles. The number of nitrogens with zero attached hydrogens (tertiary/aromatic N) is 1. The molecule has 0 aromatic rings. The van der Waals surface area contributed by atoms with E-state index in [9.17, 15) is 4.79 Å². The molecule has 1 aliphatic heterocycles. The van der Waals surface area contributed by atoms with Gasteiger partial charge in [0.05, 0.1) is 13.2 Å². The van der Waals surface area contributed by atoms with Crippen molar-refractivity contribution in [1.29, 1.82) is 0 Å². The van der Waals surface area contributed by atoms with Crippen molar-refractivity contribution in [3.63, 3.8) is 0 Å². The lowest BCUT2D eigenvalue weighted by atomic mass is 10.3. The summed E-state index contributed by atoms with van der Waals surface area (Å²) in [5, 5.41) is 11.9. The number of hydrogen-bond donors (Lipinski definition) is 2. The topological polar surface area (TPSA) is 52.6 Å². The third-order valence-electron chi connectivity index (χ3n) is 2.48. The molecule has 0 radical (unpaired) electrons. The summed E-state index contributed by atoms with van der Waals surface area (Å²) >= 11 is 2.00. The summed E-state index contributed by atoms with van der Waals surface area (Å²) in [6.45, 7) is 5.03. The number of hydrogen-bond acceptors (Lipinski definition) is 4. The number of thioether (sulfide) groups is 1. The Morgan fingerprint density at radius 1 is 1.67 bits per heavy atom. The van der Waals surface area contributed by atoms with Crippen LogP contribution in [0, 0.1) is 0 Å². The summed E-state index contributed by atoms with van der Waals surface area (Å²) in [6, 6.07) is 0. The zero-order valence-corrected chi connectivity index (χ0v) is 10.1. The Labute approximate surface area is 95.4 Å². The summed E-state index contributed by atoms with van der Waals surface area (Å²) in [5.41, 5.74) is 0. The third kappa shape index (κ3) is 4.86. The van der Waals surface area contributed by atoms with Crippen molar-refractivity contribution in [2.24, 2.45) is 0 Å². The quantitative estimate of drug-likeness (QED) is 0.696. The number of amides is 1. The smallest absolute Gasteiger partial charge is 0.234 e. The first-order valence-electron chi connectivity index (χ1n) is 5.47. The van der Waals surface area contributed by atoms with Crippen molar-refractivity contribution >= 4 is 17.7 Å². The minimum absolute atomic E-state index is 0.0131. The van der Waals surface area contributed by atoms with Crippen molar-refractivity contribution in [3.8, 4) is 0 Å². The SMILES string of the molecule is CCC1CN(CC(=O)NCCO)CCS1. The van der Waals surface area contributed by atoms with Crippen molar-refractivity contribution < 1.29 is 9.90 Å². The van der Waals surface area contributed by atoms with E-state index in [1.807, 2.05) is 11.8 Å². The van der Waals surface area contributed by atoms with Crippen LogP contribution in [0.5, 0.6) is 0 Å². The van der Waals surface area contributed by atoms with Gasteiger partial charge in [0.25, 0.3) is 0 Å². The van der Waals surface area contributed by atoms with Gasteiger partial charge in [-0.1, -0.05) is 6.92 Å². The molecule has 1 rings (SSSR count). The maximum Gasteiger partial charge on any atom is 0.234 e. The summed E-state index contributed by atoms with van der Waals surface area (Å²) in [4.78, 5) is 13.6. The minimum Gasteiger partial charge on any atom is -0.395 e. The zero-order chi connectivity index (χ0) is 11.1. The van der Waals surface area contributed by atoms with Crippen molar-refractivity contribution in [3.05, 3.63) is 0 Å². The van der Waals surface area contributed by atoms with Crippen LogP contribution in [0.4, 0.5) is 0 Å². The molecule has 15 heavy (non-hydrogen) atoms. The molecule has 1 unspecified atom stereocenters. The summed E-state index contributed by atoms with van der Waals surface area (Å²) < 4.78 is 0. The molecule has 4 nitrogen and oxygen atoms in total. The lowest BCUT2D eigenvalue weighted by Gasteiger charge is -2.31. The van der Waals surface area contributed by atoms with Gasteiger partial charge in [0.1, 0.15) is 0 Å². The molecule has 0 bridgehead atoms. The predicted molar refractivity (Wildman–Crippen MR) is 63.1 cm³/mol. The Bertz CT molecular complexity index is 202. The highest BCUT2D eigenvalue weighted by molar-refractivity contribution is 8.00. The van der Waals surface area contributed by atoms with Gasteiger partial charge in [-0.05, 0) is 6.42 Å². The van der Waals surface area contributed by atoms with E-state index in [1.54, 1.807) is 0 Å². The Morgan fingerprint density at radius 2 is 2.47 bits per heavy atom. The zero-order valence-electron chi connectivity index (χ0n) is 9.24. The van der Waals surface area contributed by atoms with Crippen molar-refractivity contribution in [2.75, 3.05) is 38.5 Å². The third-order valence-corrected chi connectivity index (χ3v) is 3.85. The molecule has 1 aliphatic rings. The predicted octanol–water partition coefficient (Wildman–Crippen LogP) is -0.0777. The van der Waals surface area contributed by atoms with Gasteiger partial charge < -0.3 is 10.4 Å². The molecule has 0 aromatic heterocycles. The Morgan fingerprint density at radius 3 is 3.13 bits per heavy atom. The highest BCUT2D eigenvalue weighted by Crippen LogP contribution is 2.20. The summed E-state index contributed by atoms with van der Waals surface area (Å²) in [7, 11) is 0. The van der Waals surface area contributed by atoms with E-state index in [2.05, 4.69) is 17.1 Å². The summed E-state index contributed by atoms with van der Waals surface area (Å²) in [5.74, 6) is 1.14. The first-order chi connectivity index (χ1) is 7.26. The molecular weight excluding hydrogens is 212 g/mol. The molecule has 88 valence electrons. The van der Waals surface area contributed by atoms with Crippen molar-refractivity contribution in [1.82, 2.24) is 10.2 Å². The van der Waals surface area contributed by atoms with E-state index in [0.717, 1.165) is 18.8 Å². The van der Waals surface area contributed by atoms with Gasteiger partial charge in [-0.2, -0.15) is 11.8 Å². The second kappa shape index (κ2) is 7.09. The minimum atomic E-state index is 0.0131. The van der Waals surface area contributed by atoms with Crippen LogP contribution < -0.4 is 5.32 Å². The molecule has 1 saturated heterocycles. The Balaban J connectivity index is 2.22. The Hall–Kier alpha value is -0.260. The van der Waals surface area contributed by atoms with Gasteiger partial charge in [-0.3, -0.25) is 9.69 Å². The van der Waals surface area contributed by atoms with Crippen LogP contribution in [0.2, 0.25) is 0 Å². The fourth-order valence-corrected chi connectivity index (χ4v) is 2.87. The molecule has 1 atom stereocenters. The average molecular weight is 232 g/mol. The van der Waals surface area contributed by atoms with Crippen LogP contribution in [-0.2, 0) is 4.79 Å². The second-order valence-corrected chi connectivity index (χ2v) is 5.12. The maximum absolute atomic E-state index is 11.4. The lowest BCUT2D eigenvalue weighted by molar-refractivity contribution is -0.122. The molecule has 5 heteroatoms. The number of aliphatic hydroxyl groups is 1. The number of aliphatic hydroxyl groups excluding tert-OH is 1. The fourth-order valence-electron chi connectivity index (χ4n) is 1.63. The monoisotopic (exact) mass is 232 g/mol. The standard InChI is InChI=1S/C10H20N2O2S/c1-2-9-7-12(4-6-15-9)8-10(14)11-3-5-13/h9,13H,2-8H2,1H3,(H,11,14). The molecule has 2 N–H and O–H groups in total. The number of nitrogens with one attached hydrogen (secondary N) is 1.